The van der Waals surface area contributed by atoms with Crippen molar-refractivity contribution in [1.29, 1.82) is 0 Å². The van der Waals surface area contributed by atoms with Crippen LogP contribution in [-0.2, 0) is 4.79 Å². The lowest BCUT2D eigenvalue weighted by molar-refractivity contribution is -0.118. The number of carbonyl (C=O) groups is 1. The maximum absolute atomic E-state index is 12.5. The van der Waals surface area contributed by atoms with Gasteiger partial charge in [0, 0.05) is 15.5 Å². The van der Waals surface area contributed by atoms with Gasteiger partial charge in [-0.05, 0) is 50.6 Å². The monoisotopic (exact) mass is 453 g/mol. The fourth-order valence-electron chi connectivity index (χ4n) is 2.96. The summed E-state index contributed by atoms with van der Waals surface area (Å²) in [6, 6.07) is 14.7. The maximum atomic E-state index is 12.5. The van der Waals surface area contributed by atoms with E-state index in [1.807, 2.05) is 45.0 Å². The lowest BCUT2D eigenvalue weighted by Crippen LogP contribution is -2.19. The minimum absolute atomic E-state index is 0.129. The molecule has 4 aromatic rings. The number of hydrogen-bond acceptors (Lipinski definition) is 6. The molecule has 2 aromatic carbocycles. The summed E-state index contributed by atoms with van der Waals surface area (Å²) in [5.74, 6) is 1.15. The average molecular weight is 454 g/mol. The van der Waals surface area contributed by atoms with Crippen molar-refractivity contribution < 1.29 is 14.1 Å². The highest BCUT2D eigenvalue weighted by molar-refractivity contribution is 7.17. The molecule has 0 aliphatic carbocycles. The van der Waals surface area contributed by atoms with Crippen molar-refractivity contribution >= 4 is 33.8 Å². The number of nitrogens with zero attached hydrogens (tertiary/aromatic N) is 2. The largest absolute Gasteiger partial charge is 0.484 e. The van der Waals surface area contributed by atoms with Crippen LogP contribution in [0.25, 0.3) is 22.8 Å². The zero-order valence-electron chi connectivity index (χ0n) is 17.2. The third-order valence-electron chi connectivity index (χ3n) is 4.77. The molecule has 0 spiro atoms. The molecule has 1 N–H and O–H groups in total. The van der Waals surface area contributed by atoms with Gasteiger partial charge in [-0.2, -0.15) is 4.98 Å². The second kappa shape index (κ2) is 8.91. The average Bonchev–Trinajstić information content (AvgIpc) is 3.33. The number of thiophene rings is 1. The molecule has 0 bridgehead atoms. The van der Waals surface area contributed by atoms with Crippen LogP contribution < -0.4 is 10.1 Å². The number of hydrogen-bond donors (Lipinski definition) is 1. The first kappa shape index (κ1) is 21.1. The summed E-state index contributed by atoms with van der Waals surface area (Å²) >= 11 is 7.33. The van der Waals surface area contributed by atoms with E-state index in [9.17, 15) is 4.79 Å². The molecule has 0 saturated heterocycles. The highest BCUT2D eigenvalue weighted by Gasteiger charge is 2.22. The standard InChI is InChI=1S/C23H20ClN3O3S/c1-13-4-6-16(7-5-13)21-26-22(30-27-21)20-14(2)15(3)31-23(20)25-19(28)12-29-18-10-8-17(24)9-11-18/h4-11H,12H2,1-3H3,(H,25,28). The number of rotatable bonds is 6. The Morgan fingerprint density at radius 3 is 2.52 bits per heavy atom. The second-order valence-electron chi connectivity index (χ2n) is 7.07. The predicted octanol–water partition coefficient (Wildman–Crippen LogP) is 6.06. The van der Waals surface area contributed by atoms with E-state index in [-0.39, 0.29) is 12.5 Å². The molecule has 8 heteroatoms. The molecular weight excluding hydrogens is 434 g/mol. The van der Waals surface area contributed by atoms with Crippen LogP contribution in [0, 0.1) is 20.8 Å². The van der Waals surface area contributed by atoms with Gasteiger partial charge in [-0.15, -0.1) is 11.3 Å². The summed E-state index contributed by atoms with van der Waals surface area (Å²) in [4.78, 5) is 18.1. The van der Waals surface area contributed by atoms with E-state index in [4.69, 9.17) is 20.9 Å². The summed E-state index contributed by atoms with van der Waals surface area (Å²) < 4.78 is 11.1. The van der Waals surface area contributed by atoms with Crippen molar-refractivity contribution in [2.45, 2.75) is 20.8 Å². The Labute approximate surface area is 188 Å². The molecule has 2 heterocycles. The van der Waals surface area contributed by atoms with E-state index >= 15 is 0 Å². The number of nitrogens with one attached hydrogen (secondary N) is 1. The lowest BCUT2D eigenvalue weighted by atomic mass is 10.1. The smallest absolute Gasteiger partial charge is 0.262 e. The van der Waals surface area contributed by atoms with Gasteiger partial charge in [-0.25, -0.2) is 0 Å². The molecule has 0 atom stereocenters. The van der Waals surface area contributed by atoms with Crippen LogP contribution in [0.3, 0.4) is 0 Å². The van der Waals surface area contributed by atoms with Gasteiger partial charge < -0.3 is 14.6 Å². The number of amides is 1. The Balaban J connectivity index is 1.53. The van der Waals surface area contributed by atoms with Crippen LogP contribution >= 0.6 is 22.9 Å². The Hall–Kier alpha value is -3.16. The van der Waals surface area contributed by atoms with Gasteiger partial charge in [0.1, 0.15) is 10.8 Å². The zero-order valence-corrected chi connectivity index (χ0v) is 18.8. The maximum Gasteiger partial charge on any atom is 0.262 e. The number of ether oxygens (including phenoxy) is 1. The molecular formula is C23H20ClN3O3S. The van der Waals surface area contributed by atoms with Crippen molar-refractivity contribution in [1.82, 2.24) is 10.1 Å². The minimum Gasteiger partial charge on any atom is -0.484 e. The first-order valence-corrected chi connectivity index (χ1v) is 10.8. The van der Waals surface area contributed by atoms with Crippen molar-refractivity contribution in [3.05, 3.63) is 69.6 Å². The number of halogens is 1. The van der Waals surface area contributed by atoms with Gasteiger partial charge in [-0.3, -0.25) is 4.79 Å². The van der Waals surface area contributed by atoms with Gasteiger partial charge in [0.25, 0.3) is 11.8 Å². The third kappa shape index (κ3) is 4.78. The quantitative estimate of drug-likeness (QED) is 0.384. The summed E-state index contributed by atoms with van der Waals surface area (Å²) in [6.07, 6.45) is 0. The minimum atomic E-state index is -0.282. The Bertz CT molecular complexity index is 1210. The molecule has 2 aromatic heterocycles. The Morgan fingerprint density at radius 1 is 1.10 bits per heavy atom. The van der Waals surface area contributed by atoms with Crippen LogP contribution in [0.15, 0.2) is 53.1 Å². The van der Waals surface area contributed by atoms with Crippen LogP contribution in [-0.4, -0.2) is 22.7 Å². The Morgan fingerprint density at radius 2 is 1.81 bits per heavy atom. The van der Waals surface area contributed by atoms with Gasteiger partial charge in [0.15, 0.2) is 6.61 Å². The molecule has 0 unspecified atom stereocenters. The molecule has 0 radical (unpaired) electrons. The third-order valence-corrected chi connectivity index (χ3v) is 6.15. The summed E-state index contributed by atoms with van der Waals surface area (Å²) in [6.45, 7) is 5.85. The van der Waals surface area contributed by atoms with Crippen molar-refractivity contribution in [3.63, 3.8) is 0 Å². The van der Waals surface area contributed by atoms with E-state index < -0.39 is 0 Å². The van der Waals surface area contributed by atoms with Gasteiger partial charge >= 0.3 is 0 Å². The van der Waals surface area contributed by atoms with E-state index in [1.54, 1.807) is 24.3 Å². The molecule has 1 amide bonds. The number of anilines is 1. The lowest BCUT2D eigenvalue weighted by Gasteiger charge is -2.07. The molecule has 158 valence electrons. The van der Waals surface area contributed by atoms with Gasteiger partial charge in [0.2, 0.25) is 5.82 Å². The summed E-state index contributed by atoms with van der Waals surface area (Å²) in [5, 5.41) is 8.28. The summed E-state index contributed by atoms with van der Waals surface area (Å²) in [5.41, 5.74) is 3.74. The number of aryl methyl sites for hydroxylation is 2. The summed E-state index contributed by atoms with van der Waals surface area (Å²) in [7, 11) is 0. The molecule has 4 rings (SSSR count). The van der Waals surface area contributed by atoms with Crippen LogP contribution in [0.5, 0.6) is 5.75 Å². The first-order chi connectivity index (χ1) is 14.9. The van der Waals surface area contributed by atoms with Crippen molar-refractivity contribution in [3.8, 4) is 28.6 Å². The van der Waals surface area contributed by atoms with E-state index in [0.29, 0.717) is 27.5 Å². The fraction of sp³-hybridized carbons (Fsp3) is 0.174. The normalized spacial score (nSPS) is 10.8. The predicted molar refractivity (Wildman–Crippen MR) is 123 cm³/mol. The van der Waals surface area contributed by atoms with Gasteiger partial charge in [-0.1, -0.05) is 46.6 Å². The van der Waals surface area contributed by atoms with Crippen LogP contribution in [0.2, 0.25) is 5.02 Å². The van der Waals surface area contributed by atoms with Crippen molar-refractivity contribution in [2.75, 3.05) is 11.9 Å². The highest BCUT2D eigenvalue weighted by Crippen LogP contribution is 2.40. The topological polar surface area (TPSA) is 77.2 Å². The van der Waals surface area contributed by atoms with Crippen molar-refractivity contribution in [2.24, 2.45) is 0 Å². The fourth-order valence-corrected chi connectivity index (χ4v) is 4.15. The van der Waals surface area contributed by atoms with E-state index in [2.05, 4.69) is 15.5 Å². The van der Waals surface area contributed by atoms with E-state index in [1.165, 1.54) is 11.3 Å². The molecule has 0 aliphatic rings. The van der Waals surface area contributed by atoms with Crippen LogP contribution in [0.4, 0.5) is 5.00 Å². The van der Waals surface area contributed by atoms with Crippen LogP contribution in [0.1, 0.15) is 16.0 Å². The highest BCUT2D eigenvalue weighted by atomic mass is 35.5. The number of carbonyl (C=O) groups excluding carboxylic acids is 1. The first-order valence-electron chi connectivity index (χ1n) is 9.60. The SMILES string of the molecule is Cc1ccc(-c2noc(-c3c(NC(=O)COc4ccc(Cl)cc4)sc(C)c3C)n2)cc1. The molecule has 0 fully saturated rings. The molecule has 6 nitrogen and oxygen atoms in total. The molecule has 0 aliphatic heterocycles. The number of aromatic nitrogens is 2. The Kier molecular flexibility index (Phi) is 6.06. The van der Waals surface area contributed by atoms with E-state index in [0.717, 1.165) is 27.1 Å². The second-order valence-corrected chi connectivity index (χ2v) is 8.73. The zero-order chi connectivity index (χ0) is 22.0. The van der Waals surface area contributed by atoms with Gasteiger partial charge in [0.05, 0.1) is 5.56 Å². The molecule has 31 heavy (non-hydrogen) atoms. The number of benzene rings is 2. The molecule has 0 saturated carbocycles.